The molecule has 1 atom stereocenters. The first-order valence-electron chi connectivity index (χ1n) is 7.59. The van der Waals surface area contributed by atoms with Gasteiger partial charge in [0.05, 0.1) is 11.5 Å². The minimum atomic E-state index is -0.393. The predicted octanol–water partition coefficient (Wildman–Crippen LogP) is 2.51. The summed E-state index contributed by atoms with van der Waals surface area (Å²) in [5.41, 5.74) is 6.71. The Labute approximate surface area is 121 Å². The second-order valence-electron chi connectivity index (χ2n) is 5.63. The molecule has 1 saturated heterocycles. The number of nitrogens with zero attached hydrogens (tertiary/aromatic N) is 2. The van der Waals surface area contributed by atoms with Crippen molar-refractivity contribution < 1.29 is 4.79 Å². The summed E-state index contributed by atoms with van der Waals surface area (Å²) in [6.45, 7) is 5.39. The maximum Gasteiger partial charge on any atom is 0.230 e. The minimum Gasteiger partial charge on any atom is -0.335 e. The predicted molar refractivity (Wildman–Crippen MR) is 80.0 cm³/mol. The number of aromatic nitrogens is 1. The molecule has 1 fully saturated rings. The van der Waals surface area contributed by atoms with Crippen molar-refractivity contribution in [2.24, 2.45) is 11.1 Å². The lowest BCUT2D eigenvalue weighted by Crippen LogP contribution is -2.47. The normalized spacial score (nSPS) is 19.4. The van der Waals surface area contributed by atoms with E-state index < -0.39 is 5.41 Å². The van der Waals surface area contributed by atoms with Crippen LogP contribution in [0.4, 0.5) is 0 Å². The van der Waals surface area contributed by atoms with Gasteiger partial charge in [-0.25, -0.2) is 0 Å². The summed E-state index contributed by atoms with van der Waals surface area (Å²) in [7, 11) is 0. The molecule has 110 valence electrons. The number of pyridine rings is 1. The monoisotopic (exact) mass is 275 g/mol. The van der Waals surface area contributed by atoms with E-state index in [0.29, 0.717) is 6.54 Å². The Kier molecular flexibility index (Phi) is 4.76. The molecule has 1 aliphatic heterocycles. The standard InChI is InChI=1S/C16H25N3O/c1-3-16(4-2,12-17)15(20)19-11-5-6-14(19)13-7-9-18-10-8-13/h7-10,14H,3-6,11-12,17H2,1-2H3. The van der Waals surface area contributed by atoms with Crippen molar-refractivity contribution in [3.05, 3.63) is 30.1 Å². The summed E-state index contributed by atoms with van der Waals surface area (Å²) >= 11 is 0. The molecule has 1 amide bonds. The fraction of sp³-hybridized carbons (Fsp3) is 0.625. The van der Waals surface area contributed by atoms with E-state index in [4.69, 9.17) is 5.73 Å². The lowest BCUT2D eigenvalue weighted by Gasteiger charge is -2.36. The molecule has 2 heterocycles. The highest BCUT2D eigenvalue weighted by atomic mass is 16.2. The molecule has 4 heteroatoms. The van der Waals surface area contributed by atoms with Gasteiger partial charge in [-0.15, -0.1) is 0 Å². The maximum absolute atomic E-state index is 13.0. The fourth-order valence-corrected chi connectivity index (χ4v) is 3.18. The van der Waals surface area contributed by atoms with Crippen molar-refractivity contribution in [3.8, 4) is 0 Å². The lowest BCUT2D eigenvalue weighted by atomic mass is 9.80. The van der Waals surface area contributed by atoms with E-state index in [1.807, 2.05) is 17.0 Å². The number of hydrogen-bond acceptors (Lipinski definition) is 3. The van der Waals surface area contributed by atoms with Gasteiger partial charge in [0.2, 0.25) is 5.91 Å². The van der Waals surface area contributed by atoms with Crippen LogP contribution >= 0.6 is 0 Å². The van der Waals surface area contributed by atoms with Crippen LogP contribution in [0.3, 0.4) is 0 Å². The summed E-state index contributed by atoms with van der Waals surface area (Å²) in [6.07, 6.45) is 7.30. The fourth-order valence-electron chi connectivity index (χ4n) is 3.18. The first kappa shape index (κ1) is 15.0. The van der Waals surface area contributed by atoms with Gasteiger partial charge in [-0.2, -0.15) is 0 Å². The first-order chi connectivity index (χ1) is 9.68. The molecule has 0 aromatic carbocycles. The molecule has 2 rings (SSSR count). The Hall–Kier alpha value is -1.42. The molecule has 4 nitrogen and oxygen atoms in total. The summed E-state index contributed by atoms with van der Waals surface area (Å²) in [6, 6.07) is 4.21. The number of rotatable bonds is 5. The third-order valence-corrected chi connectivity index (χ3v) is 4.80. The molecular weight excluding hydrogens is 250 g/mol. The highest BCUT2D eigenvalue weighted by molar-refractivity contribution is 5.83. The van der Waals surface area contributed by atoms with E-state index in [1.54, 1.807) is 12.4 Å². The molecule has 1 aromatic heterocycles. The van der Waals surface area contributed by atoms with Gasteiger partial charge < -0.3 is 10.6 Å². The van der Waals surface area contributed by atoms with Crippen LogP contribution in [-0.2, 0) is 4.79 Å². The molecule has 1 aromatic rings. The van der Waals surface area contributed by atoms with Crippen molar-refractivity contribution in [3.63, 3.8) is 0 Å². The largest absolute Gasteiger partial charge is 0.335 e. The Morgan fingerprint density at radius 2 is 2.05 bits per heavy atom. The maximum atomic E-state index is 13.0. The van der Waals surface area contributed by atoms with Gasteiger partial charge in [-0.3, -0.25) is 9.78 Å². The average molecular weight is 275 g/mol. The number of nitrogens with two attached hydrogens (primary N) is 1. The summed E-state index contributed by atoms with van der Waals surface area (Å²) in [4.78, 5) is 19.1. The van der Waals surface area contributed by atoms with Crippen LogP contribution < -0.4 is 5.73 Å². The smallest absolute Gasteiger partial charge is 0.230 e. The Morgan fingerprint density at radius 1 is 1.40 bits per heavy atom. The topological polar surface area (TPSA) is 59.2 Å². The van der Waals surface area contributed by atoms with Gasteiger partial charge in [-0.1, -0.05) is 13.8 Å². The van der Waals surface area contributed by atoms with E-state index in [1.165, 1.54) is 5.56 Å². The molecule has 20 heavy (non-hydrogen) atoms. The Bertz CT molecular complexity index is 434. The van der Waals surface area contributed by atoms with Crippen LogP contribution in [0.1, 0.15) is 51.1 Å². The highest BCUT2D eigenvalue weighted by Crippen LogP contribution is 2.37. The number of likely N-dealkylation sites (tertiary alicyclic amines) is 1. The number of carbonyl (C=O) groups is 1. The number of amides is 1. The zero-order valence-electron chi connectivity index (χ0n) is 12.5. The zero-order valence-corrected chi connectivity index (χ0v) is 12.5. The van der Waals surface area contributed by atoms with E-state index in [9.17, 15) is 4.79 Å². The lowest BCUT2D eigenvalue weighted by molar-refractivity contribution is -0.143. The quantitative estimate of drug-likeness (QED) is 0.898. The molecule has 1 unspecified atom stereocenters. The van der Waals surface area contributed by atoms with Gasteiger partial charge in [0, 0.05) is 25.5 Å². The summed E-state index contributed by atoms with van der Waals surface area (Å²) in [5, 5.41) is 0. The van der Waals surface area contributed by atoms with Crippen LogP contribution in [0.5, 0.6) is 0 Å². The Balaban J connectivity index is 2.25. The van der Waals surface area contributed by atoms with Crippen LogP contribution in [0.2, 0.25) is 0 Å². The van der Waals surface area contributed by atoms with E-state index >= 15 is 0 Å². The second-order valence-corrected chi connectivity index (χ2v) is 5.63. The van der Waals surface area contributed by atoms with Gasteiger partial charge in [0.1, 0.15) is 0 Å². The molecular formula is C16H25N3O. The van der Waals surface area contributed by atoms with Crippen LogP contribution in [0.15, 0.2) is 24.5 Å². The van der Waals surface area contributed by atoms with Gasteiger partial charge in [0.15, 0.2) is 0 Å². The minimum absolute atomic E-state index is 0.189. The molecule has 1 aliphatic rings. The van der Waals surface area contributed by atoms with Crippen molar-refractivity contribution >= 4 is 5.91 Å². The average Bonchev–Trinajstić information content (AvgIpc) is 2.99. The van der Waals surface area contributed by atoms with E-state index in [2.05, 4.69) is 18.8 Å². The molecule has 0 saturated carbocycles. The highest BCUT2D eigenvalue weighted by Gasteiger charge is 2.41. The van der Waals surface area contributed by atoms with Gasteiger partial charge >= 0.3 is 0 Å². The van der Waals surface area contributed by atoms with Crippen molar-refractivity contribution in [1.82, 2.24) is 9.88 Å². The van der Waals surface area contributed by atoms with E-state index in [0.717, 1.165) is 32.2 Å². The summed E-state index contributed by atoms with van der Waals surface area (Å²) in [5.74, 6) is 0.226. The molecule has 0 radical (unpaired) electrons. The SMILES string of the molecule is CCC(CC)(CN)C(=O)N1CCCC1c1ccncc1. The summed E-state index contributed by atoms with van der Waals surface area (Å²) < 4.78 is 0. The van der Waals surface area contributed by atoms with Crippen LogP contribution in [-0.4, -0.2) is 28.9 Å². The van der Waals surface area contributed by atoms with Crippen LogP contribution in [0, 0.1) is 5.41 Å². The Morgan fingerprint density at radius 3 is 2.60 bits per heavy atom. The molecule has 0 aliphatic carbocycles. The van der Waals surface area contributed by atoms with Gasteiger partial charge in [0.25, 0.3) is 0 Å². The van der Waals surface area contributed by atoms with Crippen LogP contribution in [0.25, 0.3) is 0 Å². The third kappa shape index (κ3) is 2.57. The first-order valence-corrected chi connectivity index (χ1v) is 7.59. The number of hydrogen-bond donors (Lipinski definition) is 1. The third-order valence-electron chi connectivity index (χ3n) is 4.80. The molecule has 0 spiro atoms. The molecule has 2 N–H and O–H groups in total. The zero-order chi connectivity index (χ0) is 14.6. The van der Waals surface area contributed by atoms with Crippen molar-refractivity contribution in [2.75, 3.05) is 13.1 Å². The van der Waals surface area contributed by atoms with Crippen molar-refractivity contribution in [1.29, 1.82) is 0 Å². The van der Waals surface area contributed by atoms with Gasteiger partial charge in [-0.05, 0) is 43.4 Å². The second kappa shape index (κ2) is 6.35. The number of carbonyl (C=O) groups excluding carboxylic acids is 1. The van der Waals surface area contributed by atoms with E-state index in [-0.39, 0.29) is 11.9 Å². The molecule has 0 bridgehead atoms. The van der Waals surface area contributed by atoms with Crippen molar-refractivity contribution in [2.45, 2.75) is 45.6 Å².